The Morgan fingerprint density at radius 2 is 1.78 bits per heavy atom. The summed E-state index contributed by atoms with van der Waals surface area (Å²) in [6, 6.07) is 5.59. The fraction of sp³-hybridized carbons (Fsp3) is 0.500. The molecule has 0 aliphatic heterocycles. The third-order valence-electron chi connectivity index (χ3n) is 4.31. The first-order chi connectivity index (χ1) is 10.5. The summed E-state index contributed by atoms with van der Waals surface area (Å²) in [5, 5.41) is 0. The number of ether oxygens (including phenoxy) is 2. The lowest BCUT2D eigenvalue weighted by Crippen LogP contribution is -2.51. The zero-order chi connectivity index (χ0) is 16.6. The fourth-order valence-corrected chi connectivity index (χ4v) is 2.52. The Balaban J connectivity index is 0.00000484. The summed E-state index contributed by atoms with van der Waals surface area (Å²) in [5.74, 6) is 0.831. The van der Waals surface area contributed by atoms with E-state index in [0.29, 0.717) is 18.0 Å². The maximum Gasteiger partial charge on any atom is 0.367 e. The molecule has 0 heterocycles. The Bertz CT molecular complexity index is 505. The number of benzene rings is 1. The van der Waals surface area contributed by atoms with Crippen molar-refractivity contribution in [2.24, 2.45) is 0 Å². The molecule has 0 spiro atoms. The van der Waals surface area contributed by atoms with Crippen LogP contribution in [0.3, 0.4) is 0 Å². The number of allylic oxidation sites excluding steroid dienone is 1. The highest BCUT2D eigenvalue weighted by Gasteiger charge is 2.26. The second kappa shape index (κ2) is 10.3. The Kier molecular flexibility index (Phi) is 9.61. The van der Waals surface area contributed by atoms with Crippen LogP contribution in [0.1, 0.15) is 26.3 Å². The molecule has 1 rings (SSSR count). The molecule has 0 fully saturated rings. The van der Waals surface area contributed by atoms with Crippen LogP contribution in [-0.2, 0) is 11.2 Å². The van der Waals surface area contributed by atoms with Crippen LogP contribution >= 0.6 is 12.4 Å². The largest absolute Gasteiger partial charge is 0.493 e. The van der Waals surface area contributed by atoms with Gasteiger partial charge in [0, 0.05) is 0 Å². The van der Waals surface area contributed by atoms with Gasteiger partial charge in [0.25, 0.3) is 0 Å². The van der Waals surface area contributed by atoms with Crippen LogP contribution in [0, 0.1) is 0 Å². The average molecular weight is 343 g/mol. The molecule has 0 saturated carbocycles. The van der Waals surface area contributed by atoms with Crippen molar-refractivity contribution in [3.05, 3.63) is 36.4 Å². The average Bonchev–Trinajstić information content (AvgIpc) is 2.54. The Labute approximate surface area is 146 Å². The number of esters is 1. The first-order valence-corrected chi connectivity index (χ1v) is 7.87. The first-order valence-electron chi connectivity index (χ1n) is 7.87. The molecule has 4 nitrogen and oxygen atoms in total. The van der Waals surface area contributed by atoms with Crippen LogP contribution in [0.4, 0.5) is 0 Å². The fourth-order valence-electron chi connectivity index (χ4n) is 2.52. The summed E-state index contributed by atoms with van der Waals surface area (Å²) < 4.78 is 11.6. The zero-order valence-electron chi connectivity index (χ0n) is 14.6. The third kappa shape index (κ3) is 5.88. The van der Waals surface area contributed by atoms with E-state index in [4.69, 9.17) is 9.47 Å². The molecule has 0 radical (unpaired) electrons. The number of carbonyl (C=O) groups excluding carboxylic acids is 1. The molecule has 0 aliphatic carbocycles. The van der Waals surface area contributed by atoms with E-state index < -0.39 is 0 Å². The highest BCUT2D eigenvalue weighted by Crippen LogP contribution is 2.28. The molecule has 0 aromatic heterocycles. The molecule has 1 aromatic carbocycles. The van der Waals surface area contributed by atoms with Gasteiger partial charge in [-0.1, -0.05) is 12.1 Å². The van der Waals surface area contributed by atoms with Gasteiger partial charge in [-0.25, -0.2) is 4.79 Å². The second-order valence-electron chi connectivity index (χ2n) is 5.40. The van der Waals surface area contributed by atoms with Crippen molar-refractivity contribution in [1.82, 2.24) is 0 Å². The van der Waals surface area contributed by atoms with Crippen LogP contribution in [0.25, 0.3) is 0 Å². The maximum atomic E-state index is 12.3. The highest BCUT2D eigenvalue weighted by molar-refractivity contribution is 5.85. The number of rotatable bonds is 9. The van der Waals surface area contributed by atoms with Crippen LogP contribution in [0.2, 0.25) is 0 Å². The molecule has 5 heteroatoms. The molecule has 0 N–H and O–H groups in total. The predicted molar refractivity (Wildman–Crippen MR) is 96.5 cm³/mol. The van der Waals surface area contributed by atoms with Crippen molar-refractivity contribution >= 4 is 18.4 Å². The van der Waals surface area contributed by atoms with Gasteiger partial charge in [-0.3, -0.25) is 0 Å². The molecule has 0 unspecified atom stereocenters. The summed E-state index contributed by atoms with van der Waals surface area (Å²) in [6.45, 7) is 13.1. The molecule has 0 atom stereocenters. The van der Waals surface area contributed by atoms with Gasteiger partial charge in [-0.05, 0) is 44.9 Å². The van der Waals surface area contributed by atoms with Crippen LogP contribution in [0.5, 0.6) is 11.5 Å². The molecule has 23 heavy (non-hydrogen) atoms. The van der Waals surface area contributed by atoms with E-state index in [1.807, 2.05) is 18.2 Å². The third-order valence-corrected chi connectivity index (χ3v) is 4.31. The van der Waals surface area contributed by atoms with E-state index in [2.05, 4.69) is 27.4 Å². The van der Waals surface area contributed by atoms with Gasteiger partial charge in [-0.15, -0.1) is 19.0 Å². The summed E-state index contributed by atoms with van der Waals surface area (Å²) in [6.07, 6.45) is 2.59. The van der Waals surface area contributed by atoms with Crippen LogP contribution < -0.4 is 9.47 Å². The molecule has 130 valence electrons. The van der Waals surface area contributed by atoms with Crippen molar-refractivity contribution in [2.75, 3.05) is 33.3 Å². The number of quaternary nitrogens is 1. The maximum absolute atomic E-state index is 12.3. The van der Waals surface area contributed by atoms with Crippen molar-refractivity contribution in [1.29, 1.82) is 0 Å². The number of hydrogen-bond acceptors (Lipinski definition) is 3. The number of hydrogen-bond donors (Lipinski definition) is 0. The Morgan fingerprint density at radius 3 is 2.26 bits per heavy atom. The minimum absolute atomic E-state index is 0. The van der Waals surface area contributed by atoms with Gasteiger partial charge in [0.15, 0.2) is 18.0 Å². The normalized spacial score (nSPS) is 10.6. The van der Waals surface area contributed by atoms with Gasteiger partial charge in [0.05, 0.1) is 26.7 Å². The Morgan fingerprint density at radius 1 is 1.17 bits per heavy atom. The summed E-state index contributed by atoms with van der Waals surface area (Å²) in [7, 11) is 1.58. The lowest BCUT2D eigenvalue weighted by Gasteiger charge is -2.34. The van der Waals surface area contributed by atoms with E-state index in [9.17, 15) is 4.79 Å². The van der Waals surface area contributed by atoms with Crippen LogP contribution in [0.15, 0.2) is 30.9 Å². The lowest BCUT2D eigenvalue weighted by atomic mass is 10.1. The number of halogens is 1. The smallest absolute Gasteiger partial charge is 0.367 e. The monoisotopic (exact) mass is 342 g/mol. The van der Waals surface area contributed by atoms with E-state index in [1.54, 1.807) is 13.2 Å². The van der Waals surface area contributed by atoms with Crippen LogP contribution in [-0.4, -0.2) is 43.7 Å². The molecular formula is C18H29ClNO3+. The minimum Gasteiger partial charge on any atom is -0.493 e. The number of carbonyl (C=O) groups is 1. The van der Waals surface area contributed by atoms with Crippen molar-refractivity contribution < 1.29 is 18.8 Å². The lowest BCUT2D eigenvalue weighted by molar-refractivity contribution is -0.916. The molecule has 0 bridgehead atoms. The Hall–Kier alpha value is -1.52. The summed E-state index contributed by atoms with van der Waals surface area (Å²) in [5.41, 5.74) is 1.08. The van der Waals surface area contributed by atoms with Gasteiger partial charge in [0.1, 0.15) is 0 Å². The molecule has 0 amide bonds. The number of methoxy groups -OCH3 is 1. The topological polar surface area (TPSA) is 35.5 Å². The van der Waals surface area contributed by atoms with Gasteiger partial charge in [0.2, 0.25) is 0 Å². The molecule has 0 aliphatic rings. The highest BCUT2D eigenvalue weighted by atomic mass is 35.5. The predicted octanol–water partition coefficient (Wildman–Crippen LogP) is 3.63. The SMILES string of the molecule is C=CCc1ccc(OC(=O)C[N+](CC)(CC)CC)c(OC)c1.Cl. The minimum atomic E-state index is -0.222. The first kappa shape index (κ1) is 21.5. The summed E-state index contributed by atoms with van der Waals surface area (Å²) >= 11 is 0. The van der Waals surface area contributed by atoms with Gasteiger partial charge >= 0.3 is 5.97 Å². The van der Waals surface area contributed by atoms with Crippen molar-refractivity contribution in [2.45, 2.75) is 27.2 Å². The van der Waals surface area contributed by atoms with E-state index in [0.717, 1.165) is 36.1 Å². The van der Waals surface area contributed by atoms with Gasteiger partial charge in [-0.2, -0.15) is 0 Å². The van der Waals surface area contributed by atoms with Gasteiger partial charge < -0.3 is 14.0 Å². The van der Waals surface area contributed by atoms with Crippen molar-refractivity contribution in [3.8, 4) is 11.5 Å². The van der Waals surface area contributed by atoms with E-state index in [1.165, 1.54) is 0 Å². The number of nitrogens with zero attached hydrogens (tertiary/aromatic N) is 1. The molecule has 0 saturated heterocycles. The van der Waals surface area contributed by atoms with Crippen molar-refractivity contribution in [3.63, 3.8) is 0 Å². The molecule has 1 aromatic rings. The summed E-state index contributed by atoms with van der Waals surface area (Å²) in [4.78, 5) is 12.3. The number of likely N-dealkylation sites (N-methyl/N-ethyl adjacent to an activating group) is 1. The van der Waals surface area contributed by atoms with E-state index in [-0.39, 0.29) is 18.4 Å². The van der Waals surface area contributed by atoms with E-state index >= 15 is 0 Å². The second-order valence-corrected chi connectivity index (χ2v) is 5.40. The standard InChI is InChI=1S/C18H28NO3.ClH/c1-6-10-15-11-12-16(17(13-15)21-5)22-18(20)14-19(7-2,8-3)9-4;/h6,11-13H,1,7-10,14H2,2-5H3;1H/q+1;. The molecular weight excluding hydrogens is 314 g/mol. The zero-order valence-corrected chi connectivity index (χ0v) is 15.4. The quantitative estimate of drug-likeness (QED) is 0.297.